The van der Waals surface area contributed by atoms with E-state index in [1.54, 1.807) is 56.7 Å². The summed E-state index contributed by atoms with van der Waals surface area (Å²) in [7, 11) is 1.69. The standard InChI is InChI=1S/C25H23F2N3O2/c1-4-17(14-28-3)23-13-20(10-11-29-23)32-24-7-5-6-21(16(24)2)25(31)30-15-18-8-9-19(26)12-22(18)27/h4-14H,15H2,1-3H3,(H,30,31)/b17-4+,28-14?. The van der Waals surface area contributed by atoms with E-state index in [1.807, 2.05) is 13.0 Å². The Hall–Kier alpha value is -3.87. The van der Waals surface area contributed by atoms with Gasteiger partial charge in [0.15, 0.2) is 0 Å². The minimum absolute atomic E-state index is 0.0612. The van der Waals surface area contributed by atoms with Crippen LogP contribution in [-0.4, -0.2) is 24.2 Å². The molecule has 0 unspecified atom stereocenters. The van der Waals surface area contributed by atoms with Crippen molar-refractivity contribution in [3.05, 3.63) is 94.8 Å². The Morgan fingerprint density at radius 3 is 2.72 bits per heavy atom. The molecule has 0 aliphatic rings. The highest BCUT2D eigenvalue weighted by molar-refractivity contribution is 6.08. The van der Waals surface area contributed by atoms with Crippen molar-refractivity contribution in [2.45, 2.75) is 20.4 Å². The van der Waals surface area contributed by atoms with Crippen LogP contribution in [0.3, 0.4) is 0 Å². The second-order valence-corrected chi connectivity index (χ2v) is 6.96. The number of halogens is 2. The van der Waals surface area contributed by atoms with Crippen molar-refractivity contribution in [2.24, 2.45) is 4.99 Å². The summed E-state index contributed by atoms with van der Waals surface area (Å²) < 4.78 is 32.9. The number of benzene rings is 2. The highest BCUT2D eigenvalue weighted by Gasteiger charge is 2.14. The molecular weight excluding hydrogens is 412 g/mol. The zero-order valence-electron chi connectivity index (χ0n) is 18.0. The van der Waals surface area contributed by atoms with Gasteiger partial charge >= 0.3 is 0 Å². The van der Waals surface area contributed by atoms with Crippen LogP contribution < -0.4 is 10.1 Å². The van der Waals surface area contributed by atoms with Gasteiger partial charge in [-0.05, 0) is 38.1 Å². The van der Waals surface area contributed by atoms with E-state index in [0.29, 0.717) is 28.3 Å². The molecule has 0 atom stereocenters. The first-order chi connectivity index (χ1) is 15.4. The van der Waals surface area contributed by atoms with Crippen LogP contribution in [0, 0.1) is 18.6 Å². The Morgan fingerprint density at radius 1 is 1.19 bits per heavy atom. The largest absolute Gasteiger partial charge is 0.457 e. The lowest BCUT2D eigenvalue weighted by atomic mass is 10.1. The number of nitrogens with zero attached hydrogens (tertiary/aromatic N) is 2. The van der Waals surface area contributed by atoms with E-state index in [1.165, 1.54) is 6.07 Å². The first-order valence-corrected chi connectivity index (χ1v) is 9.97. The number of allylic oxidation sites excluding steroid dienone is 2. The van der Waals surface area contributed by atoms with E-state index in [4.69, 9.17) is 4.74 Å². The molecule has 1 aromatic heterocycles. The molecule has 2 aromatic carbocycles. The number of carbonyl (C=O) groups is 1. The molecule has 1 heterocycles. The molecule has 1 amide bonds. The van der Waals surface area contributed by atoms with Gasteiger partial charge in [-0.1, -0.05) is 18.2 Å². The van der Waals surface area contributed by atoms with Crippen LogP contribution in [-0.2, 0) is 6.54 Å². The van der Waals surface area contributed by atoms with Crippen LogP contribution in [0.4, 0.5) is 8.78 Å². The van der Waals surface area contributed by atoms with Gasteiger partial charge in [0.1, 0.15) is 23.1 Å². The Labute approximate surface area is 185 Å². The number of hydrogen-bond donors (Lipinski definition) is 1. The summed E-state index contributed by atoms with van der Waals surface area (Å²) in [4.78, 5) is 21.1. The van der Waals surface area contributed by atoms with Crippen LogP contribution in [0.2, 0.25) is 0 Å². The first-order valence-electron chi connectivity index (χ1n) is 9.97. The summed E-state index contributed by atoms with van der Waals surface area (Å²) in [5.41, 5.74) is 2.79. The van der Waals surface area contributed by atoms with Crippen molar-refractivity contribution in [3.8, 4) is 11.5 Å². The number of rotatable bonds is 7. The quantitative estimate of drug-likeness (QED) is 0.499. The van der Waals surface area contributed by atoms with Gasteiger partial charge in [-0.2, -0.15) is 0 Å². The lowest BCUT2D eigenvalue weighted by Crippen LogP contribution is -2.24. The fourth-order valence-corrected chi connectivity index (χ4v) is 3.09. The molecule has 7 heteroatoms. The van der Waals surface area contributed by atoms with E-state index in [9.17, 15) is 13.6 Å². The summed E-state index contributed by atoms with van der Waals surface area (Å²) in [5, 5.41) is 2.66. The number of pyridine rings is 1. The van der Waals surface area contributed by atoms with Crippen molar-refractivity contribution in [1.82, 2.24) is 10.3 Å². The molecule has 0 saturated heterocycles. The molecular formula is C25H23F2N3O2. The van der Waals surface area contributed by atoms with Crippen molar-refractivity contribution < 1.29 is 18.3 Å². The van der Waals surface area contributed by atoms with Gasteiger partial charge in [-0.25, -0.2) is 8.78 Å². The second kappa shape index (κ2) is 10.4. The normalized spacial score (nSPS) is 11.6. The van der Waals surface area contributed by atoms with Gasteiger partial charge < -0.3 is 10.1 Å². The molecule has 5 nitrogen and oxygen atoms in total. The minimum Gasteiger partial charge on any atom is -0.457 e. The lowest BCUT2D eigenvalue weighted by Gasteiger charge is -2.13. The average molecular weight is 435 g/mol. The Bertz CT molecular complexity index is 1190. The fraction of sp³-hybridized carbons (Fsp3) is 0.160. The number of carbonyl (C=O) groups excluding carboxylic acids is 1. The van der Waals surface area contributed by atoms with Crippen molar-refractivity contribution in [3.63, 3.8) is 0 Å². The number of hydrogen-bond acceptors (Lipinski definition) is 4. The maximum atomic E-state index is 13.8. The van der Waals surface area contributed by atoms with Gasteiger partial charge in [-0.3, -0.25) is 14.8 Å². The molecule has 3 rings (SSSR count). The van der Waals surface area contributed by atoms with Gasteiger partial charge in [0, 0.05) is 60.4 Å². The molecule has 0 aliphatic heterocycles. The van der Waals surface area contributed by atoms with Crippen molar-refractivity contribution in [1.29, 1.82) is 0 Å². The molecule has 0 bridgehead atoms. The predicted molar refractivity (Wildman–Crippen MR) is 121 cm³/mol. The third kappa shape index (κ3) is 5.43. The summed E-state index contributed by atoms with van der Waals surface area (Å²) in [6, 6.07) is 11.9. The Balaban J connectivity index is 1.77. The molecule has 0 saturated carbocycles. The number of nitrogens with one attached hydrogen (secondary N) is 1. The molecule has 0 radical (unpaired) electrons. The van der Waals surface area contributed by atoms with Gasteiger partial charge in [0.25, 0.3) is 5.91 Å². The number of aliphatic imine (C=N–C) groups is 1. The number of amides is 1. The zero-order valence-corrected chi connectivity index (χ0v) is 18.0. The highest BCUT2D eigenvalue weighted by Crippen LogP contribution is 2.28. The SMILES string of the molecule is C/C=C(\C=NC)c1cc(Oc2cccc(C(=O)NCc3ccc(F)cc3F)c2C)ccn1. The Kier molecular flexibility index (Phi) is 7.44. The summed E-state index contributed by atoms with van der Waals surface area (Å²) in [6.45, 7) is 3.61. The number of ether oxygens (including phenoxy) is 1. The molecule has 3 aromatic rings. The van der Waals surface area contributed by atoms with Crippen LogP contribution in [0.15, 0.2) is 65.8 Å². The Morgan fingerprint density at radius 2 is 2.00 bits per heavy atom. The molecule has 164 valence electrons. The van der Waals surface area contributed by atoms with Crippen LogP contribution in [0.1, 0.15) is 34.1 Å². The first kappa shape index (κ1) is 22.8. The van der Waals surface area contributed by atoms with E-state index in [2.05, 4.69) is 15.3 Å². The highest BCUT2D eigenvalue weighted by atomic mass is 19.1. The molecule has 0 fully saturated rings. The topological polar surface area (TPSA) is 63.6 Å². The third-order valence-electron chi connectivity index (χ3n) is 4.82. The maximum Gasteiger partial charge on any atom is 0.251 e. The number of aromatic nitrogens is 1. The summed E-state index contributed by atoms with van der Waals surface area (Å²) in [6.07, 6.45) is 5.26. The van der Waals surface area contributed by atoms with Crippen LogP contribution >= 0.6 is 0 Å². The van der Waals surface area contributed by atoms with E-state index >= 15 is 0 Å². The molecule has 0 aliphatic carbocycles. The van der Waals surface area contributed by atoms with Gasteiger partial charge in [-0.15, -0.1) is 0 Å². The van der Waals surface area contributed by atoms with E-state index in [-0.39, 0.29) is 18.0 Å². The monoisotopic (exact) mass is 435 g/mol. The maximum absolute atomic E-state index is 13.8. The molecule has 32 heavy (non-hydrogen) atoms. The smallest absolute Gasteiger partial charge is 0.251 e. The van der Waals surface area contributed by atoms with E-state index in [0.717, 1.165) is 17.7 Å². The van der Waals surface area contributed by atoms with Crippen molar-refractivity contribution in [2.75, 3.05) is 7.05 Å². The fourth-order valence-electron chi connectivity index (χ4n) is 3.09. The minimum atomic E-state index is -0.707. The van der Waals surface area contributed by atoms with Crippen molar-refractivity contribution >= 4 is 17.7 Å². The van der Waals surface area contributed by atoms with Gasteiger partial charge in [0.2, 0.25) is 0 Å². The zero-order chi connectivity index (χ0) is 23.1. The molecule has 0 spiro atoms. The van der Waals surface area contributed by atoms with Crippen LogP contribution in [0.25, 0.3) is 5.57 Å². The van der Waals surface area contributed by atoms with E-state index < -0.39 is 11.6 Å². The average Bonchev–Trinajstić information content (AvgIpc) is 2.78. The predicted octanol–water partition coefficient (Wildman–Crippen LogP) is 5.49. The summed E-state index contributed by atoms with van der Waals surface area (Å²) >= 11 is 0. The molecule has 1 N–H and O–H groups in total. The van der Waals surface area contributed by atoms with Gasteiger partial charge in [0.05, 0.1) is 5.69 Å². The van der Waals surface area contributed by atoms with Crippen LogP contribution in [0.5, 0.6) is 11.5 Å². The lowest BCUT2D eigenvalue weighted by molar-refractivity contribution is 0.0949. The third-order valence-corrected chi connectivity index (χ3v) is 4.82. The summed E-state index contributed by atoms with van der Waals surface area (Å²) in [5.74, 6) is -0.688. The second-order valence-electron chi connectivity index (χ2n) is 6.96.